The lowest BCUT2D eigenvalue weighted by Crippen LogP contribution is -2.04. The molecule has 0 bridgehead atoms. The third kappa shape index (κ3) is 2.91. The number of Topliss-reactive ketones (excluding diaryl/α,β-unsaturated/α-hetero) is 2. The number of ketones is 2. The maximum atomic E-state index is 11.7. The molecule has 3 heteroatoms. The van der Waals surface area contributed by atoms with E-state index in [-0.39, 0.29) is 24.4 Å². The number of carbonyl (C=O) groups is 2. The van der Waals surface area contributed by atoms with E-state index in [1.54, 1.807) is 18.2 Å². The van der Waals surface area contributed by atoms with Crippen LogP contribution >= 0.6 is 0 Å². The van der Waals surface area contributed by atoms with E-state index in [4.69, 9.17) is 4.42 Å². The fourth-order valence-electron chi connectivity index (χ4n) is 1.56. The Labute approximate surface area is 99.1 Å². The normalized spacial score (nSPS) is 10.1. The van der Waals surface area contributed by atoms with Gasteiger partial charge >= 0.3 is 0 Å². The van der Waals surface area contributed by atoms with Gasteiger partial charge < -0.3 is 4.42 Å². The van der Waals surface area contributed by atoms with Crippen LogP contribution in [0.15, 0.2) is 53.3 Å². The maximum Gasteiger partial charge on any atom is 0.166 e. The van der Waals surface area contributed by atoms with Crippen molar-refractivity contribution in [3.8, 4) is 0 Å². The second-order valence-electron chi connectivity index (χ2n) is 3.72. The summed E-state index contributed by atoms with van der Waals surface area (Å²) in [6, 6.07) is 10.6. The molecule has 0 N–H and O–H groups in total. The van der Waals surface area contributed by atoms with Crippen molar-refractivity contribution in [3.63, 3.8) is 0 Å². The first-order valence-corrected chi connectivity index (χ1v) is 5.41. The second-order valence-corrected chi connectivity index (χ2v) is 3.72. The molecule has 0 spiro atoms. The molecule has 0 saturated heterocycles. The van der Waals surface area contributed by atoms with Crippen LogP contribution in [-0.4, -0.2) is 11.6 Å². The Hall–Kier alpha value is -2.16. The van der Waals surface area contributed by atoms with Gasteiger partial charge in [-0.25, -0.2) is 0 Å². The van der Waals surface area contributed by atoms with E-state index in [1.165, 1.54) is 12.5 Å². The van der Waals surface area contributed by atoms with Crippen LogP contribution in [0.2, 0.25) is 0 Å². The Morgan fingerprint density at radius 3 is 2.12 bits per heavy atom. The first kappa shape index (κ1) is 11.3. The van der Waals surface area contributed by atoms with Gasteiger partial charge in [-0.15, -0.1) is 0 Å². The lowest BCUT2D eigenvalue weighted by molar-refractivity contribution is 0.0917. The zero-order valence-corrected chi connectivity index (χ0v) is 9.26. The monoisotopic (exact) mass is 228 g/mol. The van der Waals surface area contributed by atoms with Crippen LogP contribution in [0.1, 0.15) is 33.6 Å². The van der Waals surface area contributed by atoms with Crippen LogP contribution in [0, 0.1) is 0 Å². The molecule has 0 amide bonds. The van der Waals surface area contributed by atoms with E-state index in [9.17, 15) is 9.59 Å². The summed E-state index contributed by atoms with van der Waals surface area (Å²) in [6.45, 7) is 0. The summed E-state index contributed by atoms with van der Waals surface area (Å²) in [4.78, 5) is 23.4. The first-order chi connectivity index (χ1) is 8.27. The molecule has 0 atom stereocenters. The molecule has 1 aromatic carbocycles. The van der Waals surface area contributed by atoms with Crippen molar-refractivity contribution in [1.29, 1.82) is 0 Å². The minimum absolute atomic E-state index is 0.0116. The summed E-state index contributed by atoms with van der Waals surface area (Å²) in [5, 5.41) is 0. The minimum atomic E-state index is -0.0666. The van der Waals surface area contributed by atoms with E-state index in [2.05, 4.69) is 0 Å². The van der Waals surface area contributed by atoms with E-state index in [0.29, 0.717) is 11.1 Å². The van der Waals surface area contributed by atoms with Crippen LogP contribution in [0.4, 0.5) is 0 Å². The lowest BCUT2D eigenvalue weighted by atomic mass is 10.0. The molecular formula is C14H12O3. The minimum Gasteiger partial charge on any atom is -0.472 e. The quantitative estimate of drug-likeness (QED) is 0.738. The third-order valence-corrected chi connectivity index (χ3v) is 2.52. The largest absolute Gasteiger partial charge is 0.472 e. The molecule has 3 nitrogen and oxygen atoms in total. The SMILES string of the molecule is O=C(CCC(=O)c1ccoc1)c1ccccc1. The predicted molar refractivity (Wildman–Crippen MR) is 63.0 cm³/mol. The van der Waals surface area contributed by atoms with Crippen LogP contribution < -0.4 is 0 Å². The standard InChI is InChI=1S/C14H12O3/c15-13(11-4-2-1-3-5-11)6-7-14(16)12-8-9-17-10-12/h1-5,8-10H,6-7H2. The Kier molecular flexibility index (Phi) is 3.50. The highest BCUT2D eigenvalue weighted by Gasteiger charge is 2.11. The Morgan fingerprint density at radius 2 is 1.53 bits per heavy atom. The fourth-order valence-corrected chi connectivity index (χ4v) is 1.56. The zero-order chi connectivity index (χ0) is 12.1. The number of furan rings is 1. The number of hydrogen-bond donors (Lipinski definition) is 0. The van der Waals surface area contributed by atoms with Crippen molar-refractivity contribution in [3.05, 3.63) is 60.1 Å². The van der Waals surface area contributed by atoms with Gasteiger partial charge in [0.2, 0.25) is 0 Å². The van der Waals surface area contributed by atoms with Gasteiger partial charge in [0.1, 0.15) is 6.26 Å². The molecule has 0 saturated carbocycles. The predicted octanol–water partition coefficient (Wildman–Crippen LogP) is 3.13. The summed E-state index contributed by atoms with van der Waals surface area (Å²) >= 11 is 0. The number of hydrogen-bond acceptors (Lipinski definition) is 3. The topological polar surface area (TPSA) is 47.3 Å². The van der Waals surface area contributed by atoms with Gasteiger partial charge in [-0.1, -0.05) is 30.3 Å². The molecule has 0 unspecified atom stereocenters. The third-order valence-electron chi connectivity index (χ3n) is 2.52. The smallest absolute Gasteiger partial charge is 0.166 e. The van der Waals surface area contributed by atoms with Gasteiger partial charge in [0, 0.05) is 18.4 Å². The lowest BCUT2D eigenvalue weighted by Gasteiger charge is -1.99. The van der Waals surface area contributed by atoms with Gasteiger partial charge in [0.05, 0.1) is 11.8 Å². The molecule has 86 valence electrons. The van der Waals surface area contributed by atoms with Crippen molar-refractivity contribution in [2.45, 2.75) is 12.8 Å². The molecule has 1 heterocycles. The summed E-state index contributed by atoms with van der Waals surface area (Å²) in [6.07, 6.45) is 3.29. The van der Waals surface area contributed by atoms with Crippen molar-refractivity contribution in [2.75, 3.05) is 0 Å². The molecule has 2 aromatic rings. The van der Waals surface area contributed by atoms with Gasteiger partial charge in [-0.05, 0) is 6.07 Å². The Morgan fingerprint density at radius 1 is 0.882 bits per heavy atom. The Balaban J connectivity index is 1.91. The van der Waals surface area contributed by atoms with Gasteiger partial charge in [-0.2, -0.15) is 0 Å². The highest BCUT2D eigenvalue weighted by Crippen LogP contribution is 2.09. The van der Waals surface area contributed by atoms with Gasteiger partial charge in [-0.3, -0.25) is 9.59 Å². The summed E-state index contributed by atoms with van der Waals surface area (Å²) in [7, 11) is 0. The highest BCUT2D eigenvalue weighted by atomic mass is 16.3. The van der Waals surface area contributed by atoms with Crippen LogP contribution in [0.25, 0.3) is 0 Å². The first-order valence-electron chi connectivity index (χ1n) is 5.41. The Bertz CT molecular complexity index is 498. The molecule has 0 fully saturated rings. The molecular weight excluding hydrogens is 216 g/mol. The average molecular weight is 228 g/mol. The van der Waals surface area contributed by atoms with Crippen LogP contribution in [-0.2, 0) is 0 Å². The number of carbonyl (C=O) groups excluding carboxylic acids is 2. The molecule has 0 aliphatic carbocycles. The van der Waals surface area contributed by atoms with Gasteiger partial charge in [0.25, 0.3) is 0 Å². The molecule has 17 heavy (non-hydrogen) atoms. The van der Waals surface area contributed by atoms with E-state index in [0.717, 1.165) is 0 Å². The molecule has 0 aliphatic heterocycles. The van der Waals surface area contributed by atoms with Crippen molar-refractivity contribution < 1.29 is 14.0 Å². The summed E-state index contributed by atoms with van der Waals surface area (Å²) in [5.41, 5.74) is 1.17. The molecule has 0 aliphatic rings. The van der Waals surface area contributed by atoms with E-state index < -0.39 is 0 Å². The van der Waals surface area contributed by atoms with E-state index >= 15 is 0 Å². The second kappa shape index (κ2) is 5.25. The molecule has 1 aromatic heterocycles. The van der Waals surface area contributed by atoms with Crippen molar-refractivity contribution >= 4 is 11.6 Å². The molecule has 0 radical (unpaired) electrons. The van der Waals surface area contributed by atoms with Crippen LogP contribution in [0.3, 0.4) is 0 Å². The molecule has 2 rings (SSSR count). The van der Waals surface area contributed by atoms with E-state index in [1.807, 2.05) is 18.2 Å². The average Bonchev–Trinajstić information content (AvgIpc) is 2.90. The number of rotatable bonds is 5. The fraction of sp³-hybridized carbons (Fsp3) is 0.143. The van der Waals surface area contributed by atoms with Crippen molar-refractivity contribution in [2.24, 2.45) is 0 Å². The zero-order valence-electron chi connectivity index (χ0n) is 9.26. The summed E-state index contributed by atoms with van der Waals surface area (Å²) in [5.74, 6) is -0.0783. The highest BCUT2D eigenvalue weighted by molar-refractivity contribution is 6.01. The number of benzene rings is 1. The summed E-state index contributed by atoms with van der Waals surface area (Å²) < 4.78 is 4.82. The van der Waals surface area contributed by atoms with Crippen LogP contribution in [0.5, 0.6) is 0 Å². The maximum absolute atomic E-state index is 11.7. The van der Waals surface area contributed by atoms with Crippen molar-refractivity contribution in [1.82, 2.24) is 0 Å². The van der Waals surface area contributed by atoms with Gasteiger partial charge in [0.15, 0.2) is 11.6 Å².